The summed E-state index contributed by atoms with van der Waals surface area (Å²) in [5.74, 6) is 0. The summed E-state index contributed by atoms with van der Waals surface area (Å²) in [6.45, 7) is 2.17. The normalized spacial score (nSPS) is 11.2. The molecule has 2 aromatic carbocycles. The molecule has 0 saturated carbocycles. The first-order valence-electron chi connectivity index (χ1n) is 9.06. The second-order valence-corrected chi connectivity index (χ2v) is 6.73. The molecule has 0 unspecified atom stereocenters. The summed E-state index contributed by atoms with van der Waals surface area (Å²) in [7, 11) is 4.27. The van der Waals surface area contributed by atoms with Crippen LogP contribution in [0, 0.1) is 0 Å². The van der Waals surface area contributed by atoms with Crippen LogP contribution in [0.25, 0.3) is 22.5 Å². The summed E-state index contributed by atoms with van der Waals surface area (Å²) in [6.07, 6.45) is 5.66. The molecule has 0 aliphatic heterocycles. The molecule has 3 rings (SSSR count). The highest BCUT2D eigenvalue weighted by Crippen LogP contribution is 2.31. The van der Waals surface area contributed by atoms with E-state index in [9.17, 15) is 0 Å². The van der Waals surface area contributed by atoms with Gasteiger partial charge < -0.3 is 9.47 Å². The number of hydrogen-bond acceptors (Lipinski definition) is 2. The van der Waals surface area contributed by atoms with Crippen molar-refractivity contribution in [2.45, 2.75) is 25.8 Å². The first-order valence-corrected chi connectivity index (χ1v) is 9.06. The van der Waals surface area contributed by atoms with E-state index in [1.165, 1.54) is 36.1 Å². The van der Waals surface area contributed by atoms with Crippen molar-refractivity contribution in [1.82, 2.24) is 14.5 Å². The molecule has 3 aromatic rings. The van der Waals surface area contributed by atoms with Gasteiger partial charge in [-0.05, 0) is 33.5 Å². The monoisotopic (exact) mass is 333 g/mol. The van der Waals surface area contributed by atoms with Crippen LogP contribution in [-0.4, -0.2) is 35.1 Å². The van der Waals surface area contributed by atoms with Gasteiger partial charge >= 0.3 is 0 Å². The zero-order valence-corrected chi connectivity index (χ0v) is 15.2. The summed E-state index contributed by atoms with van der Waals surface area (Å²) in [6, 6.07) is 21.1. The Labute approximate surface area is 150 Å². The Hall–Kier alpha value is -2.39. The molecule has 3 nitrogen and oxygen atoms in total. The molecular weight excluding hydrogens is 306 g/mol. The standard InChI is InChI=1S/C22H27N3/c1-24(2)16-10-5-11-17-25-18-23-21(19-12-6-3-7-13-19)22(25)20-14-8-4-9-15-20/h3-4,6-9,12-15,18H,5,10-11,16-17H2,1-2H3. The van der Waals surface area contributed by atoms with Gasteiger partial charge in [-0.3, -0.25) is 0 Å². The van der Waals surface area contributed by atoms with E-state index in [0.717, 1.165) is 18.8 Å². The van der Waals surface area contributed by atoms with Crippen molar-refractivity contribution in [2.75, 3.05) is 20.6 Å². The number of rotatable bonds is 8. The van der Waals surface area contributed by atoms with Gasteiger partial charge in [-0.15, -0.1) is 0 Å². The fourth-order valence-electron chi connectivity index (χ4n) is 3.14. The summed E-state index contributed by atoms with van der Waals surface area (Å²) >= 11 is 0. The summed E-state index contributed by atoms with van der Waals surface area (Å²) < 4.78 is 2.31. The van der Waals surface area contributed by atoms with Crippen LogP contribution in [0.2, 0.25) is 0 Å². The van der Waals surface area contributed by atoms with E-state index in [2.05, 4.69) is 78.2 Å². The Morgan fingerprint density at radius 2 is 1.44 bits per heavy atom. The largest absolute Gasteiger partial charge is 0.330 e. The second-order valence-electron chi connectivity index (χ2n) is 6.73. The van der Waals surface area contributed by atoms with Crippen molar-refractivity contribution in [3.63, 3.8) is 0 Å². The molecule has 0 N–H and O–H groups in total. The molecule has 0 fully saturated rings. The average molecular weight is 333 g/mol. The zero-order chi connectivity index (χ0) is 17.5. The topological polar surface area (TPSA) is 21.1 Å². The van der Waals surface area contributed by atoms with Crippen LogP contribution in [0.1, 0.15) is 19.3 Å². The smallest absolute Gasteiger partial charge is 0.0963 e. The van der Waals surface area contributed by atoms with Crippen LogP contribution in [-0.2, 0) is 6.54 Å². The lowest BCUT2D eigenvalue weighted by Crippen LogP contribution is -2.12. The lowest BCUT2D eigenvalue weighted by atomic mass is 10.0. The van der Waals surface area contributed by atoms with Crippen LogP contribution in [0.5, 0.6) is 0 Å². The highest BCUT2D eigenvalue weighted by Gasteiger charge is 2.14. The van der Waals surface area contributed by atoms with Crippen LogP contribution in [0.15, 0.2) is 67.0 Å². The Morgan fingerprint density at radius 3 is 2.08 bits per heavy atom. The first-order chi connectivity index (χ1) is 12.3. The zero-order valence-electron chi connectivity index (χ0n) is 15.2. The number of benzene rings is 2. The number of aromatic nitrogens is 2. The molecule has 0 amide bonds. The summed E-state index contributed by atoms with van der Waals surface area (Å²) in [4.78, 5) is 6.99. The lowest BCUT2D eigenvalue weighted by molar-refractivity contribution is 0.388. The van der Waals surface area contributed by atoms with E-state index >= 15 is 0 Å². The van der Waals surface area contributed by atoms with Gasteiger partial charge in [0.25, 0.3) is 0 Å². The molecule has 0 radical (unpaired) electrons. The third kappa shape index (κ3) is 4.58. The van der Waals surface area contributed by atoms with Gasteiger partial charge in [0.05, 0.1) is 17.7 Å². The van der Waals surface area contributed by atoms with Crippen molar-refractivity contribution < 1.29 is 0 Å². The molecule has 130 valence electrons. The minimum atomic E-state index is 1.01. The number of hydrogen-bond donors (Lipinski definition) is 0. The third-order valence-corrected chi connectivity index (χ3v) is 4.44. The van der Waals surface area contributed by atoms with E-state index < -0.39 is 0 Å². The number of nitrogens with zero attached hydrogens (tertiary/aromatic N) is 3. The minimum Gasteiger partial charge on any atom is -0.330 e. The minimum absolute atomic E-state index is 1.01. The highest BCUT2D eigenvalue weighted by molar-refractivity contribution is 5.78. The van der Waals surface area contributed by atoms with Crippen molar-refractivity contribution in [2.24, 2.45) is 0 Å². The van der Waals surface area contributed by atoms with E-state index in [4.69, 9.17) is 4.98 Å². The maximum Gasteiger partial charge on any atom is 0.0963 e. The van der Waals surface area contributed by atoms with Crippen LogP contribution < -0.4 is 0 Å². The molecular formula is C22H27N3. The molecule has 0 bridgehead atoms. The van der Waals surface area contributed by atoms with Crippen molar-refractivity contribution in [3.05, 3.63) is 67.0 Å². The SMILES string of the molecule is CN(C)CCCCCn1cnc(-c2ccccc2)c1-c1ccccc1. The maximum absolute atomic E-state index is 4.74. The van der Waals surface area contributed by atoms with Crippen molar-refractivity contribution >= 4 is 0 Å². The van der Waals surface area contributed by atoms with Gasteiger partial charge in [0.1, 0.15) is 0 Å². The number of unbranched alkanes of at least 4 members (excludes halogenated alkanes) is 2. The third-order valence-electron chi connectivity index (χ3n) is 4.44. The summed E-state index contributed by atoms with van der Waals surface area (Å²) in [5.41, 5.74) is 4.69. The van der Waals surface area contributed by atoms with Crippen molar-refractivity contribution in [3.8, 4) is 22.5 Å². The molecule has 0 saturated heterocycles. The molecule has 1 aromatic heterocycles. The van der Waals surface area contributed by atoms with Gasteiger partial charge in [0.2, 0.25) is 0 Å². The van der Waals surface area contributed by atoms with Gasteiger partial charge in [0.15, 0.2) is 0 Å². The van der Waals surface area contributed by atoms with Gasteiger partial charge in [-0.2, -0.15) is 0 Å². The Bertz CT molecular complexity index is 760. The van der Waals surface area contributed by atoms with Gasteiger partial charge in [-0.25, -0.2) is 4.98 Å². The fraction of sp³-hybridized carbons (Fsp3) is 0.318. The predicted octanol–water partition coefficient (Wildman–Crippen LogP) is 4.95. The maximum atomic E-state index is 4.74. The molecule has 1 heterocycles. The van der Waals surface area contributed by atoms with Crippen LogP contribution in [0.3, 0.4) is 0 Å². The molecule has 0 spiro atoms. The van der Waals surface area contributed by atoms with Gasteiger partial charge in [-0.1, -0.05) is 67.1 Å². The molecule has 25 heavy (non-hydrogen) atoms. The number of imidazole rings is 1. The van der Waals surface area contributed by atoms with Crippen LogP contribution >= 0.6 is 0 Å². The lowest BCUT2D eigenvalue weighted by Gasteiger charge is -2.12. The molecule has 3 heteroatoms. The Balaban J connectivity index is 1.82. The van der Waals surface area contributed by atoms with E-state index in [1.807, 2.05) is 12.4 Å². The van der Waals surface area contributed by atoms with E-state index in [0.29, 0.717) is 0 Å². The van der Waals surface area contributed by atoms with Gasteiger partial charge in [0, 0.05) is 17.7 Å². The summed E-state index contributed by atoms with van der Waals surface area (Å²) in [5, 5.41) is 0. The van der Waals surface area contributed by atoms with Crippen molar-refractivity contribution in [1.29, 1.82) is 0 Å². The Kier molecular flexibility index (Phi) is 6.02. The quantitative estimate of drug-likeness (QED) is 0.544. The number of aryl methyl sites for hydroxylation is 1. The Morgan fingerprint density at radius 1 is 0.800 bits per heavy atom. The first kappa shape index (κ1) is 17.4. The fourth-order valence-corrected chi connectivity index (χ4v) is 3.14. The highest BCUT2D eigenvalue weighted by atomic mass is 15.1. The molecule has 0 aliphatic carbocycles. The molecule has 0 atom stereocenters. The average Bonchev–Trinajstić information content (AvgIpc) is 3.06. The molecule has 0 aliphatic rings. The van der Waals surface area contributed by atoms with Crippen LogP contribution in [0.4, 0.5) is 0 Å². The predicted molar refractivity (Wildman–Crippen MR) is 106 cm³/mol. The second kappa shape index (κ2) is 8.63. The van der Waals surface area contributed by atoms with E-state index in [1.54, 1.807) is 0 Å². The van der Waals surface area contributed by atoms with E-state index in [-0.39, 0.29) is 0 Å².